The van der Waals surface area contributed by atoms with Crippen molar-refractivity contribution in [2.45, 2.75) is 31.6 Å². The average molecular weight is 372 g/mol. The van der Waals surface area contributed by atoms with Crippen LogP contribution in [0.15, 0.2) is 59.6 Å². The number of nitrogens with two attached hydrogens (primary N) is 1. The van der Waals surface area contributed by atoms with Crippen molar-refractivity contribution in [2.24, 2.45) is 10.6 Å². The largest absolute Gasteiger partial charge is 0.255 e. The van der Waals surface area contributed by atoms with Crippen LogP contribution in [-0.2, 0) is 10.0 Å². The summed E-state index contributed by atoms with van der Waals surface area (Å²) in [6.45, 7) is 4.25. The molecule has 3 rings (SSSR count). The van der Waals surface area contributed by atoms with Crippen molar-refractivity contribution in [2.75, 3.05) is 0 Å². The summed E-state index contributed by atoms with van der Waals surface area (Å²) in [5, 5.41) is 5.15. The Bertz CT molecular complexity index is 971. The Labute approximate surface area is 153 Å². The molecular formula is C20H21FN2O2S. The van der Waals surface area contributed by atoms with Crippen molar-refractivity contribution in [3.63, 3.8) is 0 Å². The Morgan fingerprint density at radius 2 is 1.62 bits per heavy atom. The first-order chi connectivity index (χ1) is 12.3. The number of rotatable bonds is 5. The summed E-state index contributed by atoms with van der Waals surface area (Å²) < 4.78 is 36.2. The number of allylic oxidation sites excluding steroid dienone is 4. The van der Waals surface area contributed by atoms with Gasteiger partial charge in [-0.05, 0) is 48.2 Å². The molecule has 6 heteroatoms. The fourth-order valence-corrected chi connectivity index (χ4v) is 3.68. The Kier molecular flexibility index (Phi) is 4.82. The molecular weight excluding hydrogens is 351 g/mol. The number of sulfonamides is 1. The lowest BCUT2D eigenvalue weighted by atomic mass is 9.84. The highest BCUT2D eigenvalue weighted by Crippen LogP contribution is 2.47. The third-order valence-electron chi connectivity index (χ3n) is 4.97. The van der Waals surface area contributed by atoms with Gasteiger partial charge in [-0.2, -0.15) is 0 Å². The minimum absolute atomic E-state index is 0.0237. The molecule has 2 aromatic rings. The number of halogens is 1. The summed E-state index contributed by atoms with van der Waals surface area (Å²) in [4.78, 5) is 4.29. The van der Waals surface area contributed by atoms with Crippen LogP contribution in [-0.4, -0.2) is 13.4 Å². The first-order valence-electron chi connectivity index (χ1n) is 8.49. The first-order valence-corrected chi connectivity index (χ1v) is 10.0. The summed E-state index contributed by atoms with van der Waals surface area (Å²) in [7, 11) is -3.78. The number of hydrogen-bond donors (Lipinski definition) is 1. The molecule has 1 aliphatic carbocycles. The van der Waals surface area contributed by atoms with Gasteiger partial charge in [0.2, 0.25) is 10.0 Å². The van der Waals surface area contributed by atoms with Gasteiger partial charge in [0.25, 0.3) is 0 Å². The van der Waals surface area contributed by atoms with E-state index in [1.165, 1.54) is 24.4 Å². The number of aromatic nitrogens is 1. The molecule has 1 aliphatic rings. The molecule has 1 heterocycles. The molecule has 0 spiro atoms. The fourth-order valence-electron chi connectivity index (χ4n) is 3.22. The van der Waals surface area contributed by atoms with E-state index in [0.29, 0.717) is 5.69 Å². The predicted octanol–water partition coefficient (Wildman–Crippen LogP) is 4.16. The van der Waals surface area contributed by atoms with Crippen molar-refractivity contribution in [1.82, 2.24) is 4.98 Å². The van der Waals surface area contributed by atoms with Crippen molar-refractivity contribution in [3.8, 4) is 0 Å². The summed E-state index contributed by atoms with van der Waals surface area (Å²) >= 11 is 0. The Balaban J connectivity index is 2.10. The van der Waals surface area contributed by atoms with Gasteiger partial charge in [-0.1, -0.05) is 38.1 Å². The fraction of sp³-hybridized carbons (Fsp3) is 0.250. The maximum absolute atomic E-state index is 13.3. The van der Waals surface area contributed by atoms with E-state index in [1.54, 1.807) is 18.2 Å². The molecule has 0 saturated heterocycles. The van der Waals surface area contributed by atoms with E-state index < -0.39 is 10.0 Å². The predicted molar refractivity (Wildman–Crippen MR) is 101 cm³/mol. The second kappa shape index (κ2) is 6.78. The molecule has 136 valence electrons. The van der Waals surface area contributed by atoms with E-state index in [4.69, 9.17) is 5.14 Å². The van der Waals surface area contributed by atoms with Crippen molar-refractivity contribution < 1.29 is 12.8 Å². The molecule has 2 N–H and O–H groups in total. The average Bonchev–Trinajstić information content (AvgIpc) is 3.02. The monoisotopic (exact) mass is 372 g/mol. The topological polar surface area (TPSA) is 73.1 Å². The zero-order valence-corrected chi connectivity index (χ0v) is 15.6. The van der Waals surface area contributed by atoms with Crippen LogP contribution < -0.4 is 5.14 Å². The number of benzene rings is 1. The van der Waals surface area contributed by atoms with Crippen LogP contribution >= 0.6 is 0 Å². The van der Waals surface area contributed by atoms with Gasteiger partial charge in [0.05, 0.1) is 5.69 Å². The molecule has 1 aromatic heterocycles. The zero-order chi connectivity index (χ0) is 18.9. The molecule has 26 heavy (non-hydrogen) atoms. The van der Waals surface area contributed by atoms with E-state index in [9.17, 15) is 12.8 Å². The van der Waals surface area contributed by atoms with Gasteiger partial charge >= 0.3 is 0 Å². The van der Waals surface area contributed by atoms with Crippen LogP contribution in [0.2, 0.25) is 0 Å². The van der Waals surface area contributed by atoms with E-state index >= 15 is 0 Å². The molecule has 0 radical (unpaired) electrons. The number of pyridine rings is 1. The lowest BCUT2D eigenvalue weighted by Crippen LogP contribution is -2.12. The molecule has 0 amide bonds. The van der Waals surface area contributed by atoms with E-state index in [0.717, 1.165) is 29.6 Å². The van der Waals surface area contributed by atoms with E-state index in [-0.39, 0.29) is 16.1 Å². The molecule has 0 bridgehead atoms. The quantitative estimate of drug-likeness (QED) is 0.857. The van der Waals surface area contributed by atoms with Gasteiger partial charge in [-0.15, -0.1) is 0 Å². The van der Waals surface area contributed by atoms with Crippen LogP contribution in [0, 0.1) is 11.2 Å². The Morgan fingerprint density at radius 1 is 1.00 bits per heavy atom. The smallest absolute Gasteiger partial charge is 0.239 e. The van der Waals surface area contributed by atoms with Crippen molar-refractivity contribution in [3.05, 3.63) is 71.8 Å². The van der Waals surface area contributed by atoms with Crippen LogP contribution in [0.1, 0.15) is 37.9 Å². The van der Waals surface area contributed by atoms with Gasteiger partial charge in [-0.25, -0.2) is 17.9 Å². The van der Waals surface area contributed by atoms with Crippen LogP contribution in [0.4, 0.5) is 4.39 Å². The zero-order valence-electron chi connectivity index (χ0n) is 14.7. The minimum atomic E-state index is -3.78. The maximum atomic E-state index is 13.3. The normalized spacial score (nSPS) is 16.3. The number of hydrogen-bond acceptors (Lipinski definition) is 3. The Hall–Kier alpha value is -2.31. The molecule has 4 nitrogen and oxygen atoms in total. The molecule has 1 aromatic carbocycles. The number of primary sulfonamides is 1. The van der Waals surface area contributed by atoms with Gasteiger partial charge in [0.1, 0.15) is 10.7 Å². The second-order valence-electron chi connectivity index (χ2n) is 6.49. The third-order valence-corrected chi connectivity index (χ3v) is 5.86. The first kappa shape index (κ1) is 18.5. The highest BCUT2D eigenvalue weighted by Gasteiger charge is 2.31. The van der Waals surface area contributed by atoms with Gasteiger partial charge < -0.3 is 0 Å². The van der Waals surface area contributed by atoms with Crippen LogP contribution in [0.3, 0.4) is 0 Å². The minimum Gasteiger partial charge on any atom is -0.255 e. The molecule has 0 aliphatic heterocycles. The molecule has 0 saturated carbocycles. The third kappa shape index (κ3) is 3.48. The Morgan fingerprint density at radius 3 is 2.12 bits per heavy atom. The molecule has 0 unspecified atom stereocenters. The van der Waals surface area contributed by atoms with Crippen molar-refractivity contribution >= 4 is 21.2 Å². The summed E-state index contributed by atoms with van der Waals surface area (Å²) in [6, 6.07) is 9.47. The summed E-state index contributed by atoms with van der Waals surface area (Å²) in [6.07, 6.45) is 7.49. The second-order valence-corrected chi connectivity index (χ2v) is 8.05. The number of nitrogens with zero attached hydrogens (tertiary/aromatic N) is 1. The highest BCUT2D eigenvalue weighted by atomic mass is 32.2. The molecule has 0 fully saturated rings. The van der Waals surface area contributed by atoms with Gasteiger partial charge in [0, 0.05) is 17.2 Å². The van der Waals surface area contributed by atoms with Gasteiger partial charge in [0.15, 0.2) is 0 Å². The van der Waals surface area contributed by atoms with E-state index in [2.05, 4.69) is 31.0 Å². The maximum Gasteiger partial charge on any atom is 0.239 e. The summed E-state index contributed by atoms with van der Waals surface area (Å²) in [5.41, 5.74) is 3.36. The van der Waals surface area contributed by atoms with Gasteiger partial charge in [-0.3, -0.25) is 4.98 Å². The standard InChI is InChI=1S/C20H21FN2O2S/c1-3-20(4-2)11-17(14-5-7-15(21)8-6-14)18(12-20)19-10-9-16(13-23-19)26(22,24)25/h5-13H,3-4H2,1-2H3,(H2,22,24,25). The summed E-state index contributed by atoms with van der Waals surface area (Å²) in [5.74, 6) is -0.286. The van der Waals surface area contributed by atoms with Crippen LogP contribution in [0.25, 0.3) is 11.1 Å². The van der Waals surface area contributed by atoms with Crippen LogP contribution in [0.5, 0.6) is 0 Å². The molecule has 0 atom stereocenters. The highest BCUT2D eigenvalue weighted by molar-refractivity contribution is 7.89. The lowest BCUT2D eigenvalue weighted by Gasteiger charge is -2.20. The van der Waals surface area contributed by atoms with E-state index in [1.807, 2.05) is 0 Å². The SMILES string of the molecule is CCC1(CC)C=C(c2ccc(F)cc2)C(c2ccc(S(N)(=O)=O)cn2)=C1. The van der Waals surface area contributed by atoms with Crippen molar-refractivity contribution in [1.29, 1.82) is 0 Å². The lowest BCUT2D eigenvalue weighted by molar-refractivity contribution is 0.464.